The standard InChI is InChI=1S/C16H24N2O2/c1-19-15-6-4-5-14(9-15)10-17-11-16(12-20-13-16)18-7-2-3-8-18/h4-6,9,17H,2-3,7-8,10-13H2,1H3. The van der Waals surface area contributed by atoms with Crippen LogP contribution < -0.4 is 10.1 Å². The van der Waals surface area contributed by atoms with Crippen molar-refractivity contribution in [2.45, 2.75) is 24.9 Å². The Kier molecular flexibility index (Phi) is 4.24. The lowest BCUT2D eigenvalue weighted by atomic mass is 9.95. The molecule has 0 bridgehead atoms. The van der Waals surface area contributed by atoms with E-state index in [1.807, 2.05) is 12.1 Å². The molecule has 2 aliphatic rings. The Hall–Kier alpha value is -1.10. The van der Waals surface area contributed by atoms with Crippen LogP contribution in [0.4, 0.5) is 0 Å². The lowest BCUT2D eigenvalue weighted by molar-refractivity contribution is -0.131. The Balaban J connectivity index is 1.53. The number of methoxy groups -OCH3 is 1. The molecule has 3 rings (SSSR count). The first kappa shape index (κ1) is 13.9. The summed E-state index contributed by atoms with van der Waals surface area (Å²) in [6, 6.07) is 8.25. The molecule has 4 heteroatoms. The molecule has 2 saturated heterocycles. The maximum absolute atomic E-state index is 5.49. The third-order valence-electron chi connectivity index (χ3n) is 4.44. The largest absolute Gasteiger partial charge is 0.497 e. The average molecular weight is 276 g/mol. The molecule has 0 aromatic heterocycles. The molecular formula is C16H24N2O2. The van der Waals surface area contributed by atoms with E-state index in [1.54, 1.807) is 7.11 Å². The first-order valence-electron chi connectivity index (χ1n) is 7.49. The van der Waals surface area contributed by atoms with Gasteiger partial charge in [0.2, 0.25) is 0 Å². The van der Waals surface area contributed by atoms with Crippen LogP contribution in [0.3, 0.4) is 0 Å². The zero-order chi connectivity index (χ0) is 13.8. The Morgan fingerprint density at radius 1 is 1.30 bits per heavy atom. The molecule has 20 heavy (non-hydrogen) atoms. The highest BCUT2D eigenvalue weighted by Gasteiger charge is 2.44. The molecule has 1 aromatic carbocycles. The van der Waals surface area contributed by atoms with Gasteiger partial charge < -0.3 is 14.8 Å². The summed E-state index contributed by atoms with van der Waals surface area (Å²) in [5.41, 5.74) is 1.51. The number of hydrogen-bond acceptors (Lipinski definition) is 4. The van der Waals surface area contributed by atoms with Crippen molar-refractivity contribution in [1.82, 2.24) is 10.2 Å². The normalized spacial score (nSPS) is 21.6. The molecule has 2 heterocycles. The van der Waals surface area contributed by atoms with Crippen molar-refractivity contribution in [3.05, 3.63) is 29.8 Å². The topological polar surface area (TPSA) is 33.7 Å². The fourth-order valence-corrected chi connectivity index (χ4v) is 3.15. The van der Waals surface area contributed by atoms with Crippen molar-refractivity contribution >= 4 is 0 Å². The van der Waals surface area contributed by atoms with E-state index in [1.165, 1.54) is 31.5 Å². The van der Waals surface area contributed by atoms with E-state index in [0.717, 1.165) is 32.1 Å². The highest BCUT2D eigenvalue weighted by Crippen LogP contribution is 2.28. The first-order chi connectivity index (χ1) is 9.82. The summed E-state index contributed by atoms with van der Waals surface area (Å²) in [6.45, 7) is 6.08. The monoisotopic (exact) mass is 276 g/mol. The van der Waals surface area contributed by atoms with Gasteiger partial charge in [0.15, 0.2) is 0 Å². The van der Waals surface area contributed by atoms with Gasteiger partial charge in [-0.3, -0.25) is 4.90 Å². The van der Waals surface area contributed by atoms with E-state index in [-0.39, 0.29) is 5.54 Å². The van der Waals surface area contributed by atoms with E-state index >= 15 is 0 Å². The number of ether oxygens (including phenoxy) is 2. The zero-order valence-electron chi connectivity index (χ0n) is 12.2. The number of nitrogens with one attached hydrogen (secondary N) is 1. The maximum Gasteiger partial charge on any atom is 0.119 e. The van der Waals surface area contributed by atoms with Crippen LogP contribution in [0.15, 0.2) is 24.3 Å². The van der Waals surface area contributed by atoms with Gasteiger partial charge in [-0.05, 0) is 43.6 Å². The van der Waals surface area contributed by atoms with Gasteiger partial charge >= 0.3 is 0 Å². The summed E-state index contributed by atoms with van der Waals surface area (Å²) in [7, 11) is 1.71. The number of likely N-dealkylation sites (tertiary alicyclic amines) is 1. The van der Waals surface area contributed by atoms with Crippen LogP contribution in [0.2, 0.25) is 0 Å². The lowest BCUT2D eigenvalue weighted by Gasteiger charge is -2.48. The van der Waals surface area contributed by atoms with Gasteiger partial charge in [-0.15, -0.1) is 0 Å². The minimum absolute atomic E-state index is 0.245. The van der Waals surface area contributed by atoms with Gasteiger partial charge in [0, 0.05) is 13.1 Å². The Bertz CT molecular complexity index is 440. The number of benzene rings is 1. The predicted molar refractivity (Wildman–Crippen MR) is 79.1 cm³/mol. The van der Waals surface area contributed by atoms with E-state index in [9.17, 15) is 0 Å². The zero-order valence-corrected chi connectivity index (χ0v) is 12.2. The Labute approximate surface area is 121 Å². The fourth-order valence-electron chi connectivity index (χ4n) is 3.15. The van der Waals surface area contributed by atoms with Gasteiger partial charge in [-0.2, -0.15) is 0 Å². The van der Waals surface area contributed by atoms with Crippen molar-refractivity contribution in [2.75, 3.05) is 40.0 Å². The number of nitrogens with zero attached hydrogens (tertiary/aromatic N) is 1. The Morgan fingerprint density at radius 3 is 2.75 bits per heavy atom. The average Bonchev–Trinajstić information content (AvgIpc) is 2.96. The molecule has 0 spiro atoms. The van der Waals surface area contributed by atoms with Crippen molar-refractivity contribution in [2.24, 2.45) is 0 Å². The molecule has 0 atom stereocenters. The van der Waals surface area contributed by atoms with Crippen molar-refractivity contribution in [3.8, 4) is 5.75 Å². The van der Waals surface area contributed by atoms with Crippen molar-refractivity contribution in [3.63, 3.8) is 0 Å². The summed E-state index contributed by atoms with van der Waals surface area (Å²) in [5.74, 6) is 0.922. The van der Waals surface area contributed by atoms with Crippen LogP contribution in [0, 0.1) is 0 Å². The SMILES string of the molecule is COc1cccc(CNCC2(N3CCCC3)COC2)c1. The van der Waals surface area contributed by atoms with Crippen LogP contribution in [0.1, 0.15) is 18.4 Å². The highest BCUT2D eigenvalue weighted by atomic mass is 16.5. The maximum atomic E-state index is 5.49. The van der Waals surface area contributed by atoms with E-state index < -0.39 is 0 Å². The first-order valence-corrected chi connectivity index (χ1v) is 7.49. The smallest absolute Gasteiger partial charge is 0.119 e. The van der Waals surface area contributed by atoms with E-state index in [2.05, 4.69) is 22.3 Å². The molecule has 1 aromatic rings. The number of rotatable bonds is 6. The van der Waals surface area contributed by atoms with Gasteiger partial charge in [0.05, 0.1) is 25.9 Å². The van der Waals surface area contributed by atoms with Crippen molar-refractivity contribution < 1.29 is 9.47 Å². The molecule has 0 unspecified atom stereocenters. The molecule has 1 N–H and O–H groups in total. The van der Waals surface area contributed by atoms with E-state index in [4.69, 9.17) is 9.47 Å². The molecule has 0 aliphatic carbocycles. The van der Waals surface area contributed by atoms with Crippen LogP contribution in [-0.4, -0.2) is 50.4 Å². The van der Waals surface area contributed by atoms with Gasteiger partial charge in [0.25, 0.3) is 0 Å². The Morgan fingerprint density at radius 2 is 2.10 bits per heavy atom. The van der Waals surface area contributed by atoms with E-state index in [0.29, 0.717) is 0 Å². The molecule has 2 fully saturated rings. The van der Waals surface area contributed by atoms with Gasteiger partial charge in [0.1, 0.15) is 5.75 Å². The highest BCUT2D eigenvalue weighted by molar-refractivity contribution is 5.28. The summed E-state index contributed by atoms with van der Waals surface area (Å²) < 4.78 is 10.7. The fraction of sp³-hybridized carbons (Fsp3) is 0.625. The summed E-state index contributed by atoms with van der Waals surface area (Å²) in [6.07, 6.45) is 2.66. The minimum Gasteiger partial charge on any atom is -0.497 e. The molecule has 0 saturated carbocycles. The van der Waals surface area contributed by atoms with Crippen LogP contribution in [-0.2, 0) is 11.3 Å². The van der Waals surface area contributed by atoms with Crippen LogP contribution in [0.25, 0.3) is 0 Å². The van der Waals surface area contributed by atoms with Crippen LogP contribution in [0.5, 0.6) is 5.75 Å². The summed E-state index contributed by atoms with van der Waals surface area (Å²) in [4.78, 5) is 2.61. The number of hydrogen-bond donors (Lipinski definition) is 1. The third-order valence-corrected chi connectivity index (χ3v) is 4.44. The van der Waals surface area contributed by atoms with Gasteiger partial charge in [-0.25, -0.2) is 0 Å². The molecule has 4 nitrogen and oxygen atoms in total. The summed E-state index contributed by atoms with van der Waals surface area (Å²) in [5, 5.41) is 3.60. The summed E-state index contributed by atoms with van der Waals surface area (Å²) >= 11 is 0. The molecule has 2 aliphatic heterocycles. The van der Waals surface area contributed by atoms with Gasteiger partial charge in [-0.1, -0.05) is 12.1 Å². The molecule has 0 radical (unpaired) electrons. The molecule has 0 amide bonds. The minimum atomic E-state index is 0.245. The van der Waals surface area contributed by atoms with Crippen molar-refractivity contribution in [1.29, 1.82) is 0 Å². The second-order valence-corrected chi connectivity index (χ2v) is 5.87. The predicted octanol–water partition coefficient (Wildman–Crippen LogP) is 1.65. The molecule has 110 valence electrons. The molecular weight excluding hydrogens is 252 g/mol. The second-order valence-electron chi connectivity index (χ2n) is 5.87. The second kappa shape index (κ2) is 6.12. The lowest BCUT2D eigenvalue weighted by Crippen LogP contribution is -2.66. The third kappa shape index (κ3) is 2.82. The van der Waals surface area contributed by atoms with Crippen LogP contribution >= 0.6 is 0 Å². The quantitative estimate of drug-likeness (QED) is 0.856.